The van der Waals surface area contributed by atoms with Gasteiger partial charge in [0.25, 0.3) is 0 Å². The van der Waals surface area contributed by atoms with Crippen LogP contribution < -0.4 is 0 Å². The molecule has 0 saturated carbocycles. The average molecular weight is 237 g/mol. The monoisotopic (exact) mass is 237 g/mol. The molecular weight excluding hydrogens is 224 g/mol. The van der Waals surface area contributed by atoms with E-state index in [9.17, 15) is 13.6 Å². The van der Waals surface area contributed by atoms with E-state index in [0.29, 0.717) is 12.1 Å². The number of carbonyl (C=O) groups is 1. The Hall–Kier alpha value is -1.89. The lowest BCUT2D eigenvalue weighted by Gasteiger charge is -2.17. The van der Waals surface area contributed by atoms with Crippen LogP contribution in [0.15, 0.2) is 18.2 Å². The van der Waals surface area contributed by atoms with E-state index in [4.69, 9.17) is 6.42 Å². The third-order valence-corrected chi connectivity index (χ3v) is 2.36. The van der Waals surface area contributed by atoms with Crippen LogP contribution in [0.25, 0.3) is 0 Å². The molecule has 1 aromatic carbocycles. The van der Waals surface area contributed by atoms with E-state index in [2.05, 4.69) is 5.92 Å². The molecular formula is C13H13F2NO. The van der Waals surface area contributed by atoms with E-state index in [1.165, 1.54) is 11.0 Å². The number of terminal acetylenes is 1. The highest BCUT2D eigenvalue weighted by molar-refractivity contribution is 5.79. The molecule has 0 atom stereocenters. The van der Waals surface area contributed by atoms with Crippen LogP contribution >= 0.6 is 0 Å². The summed E-state index contributed by atoms with van der Waals surface area (Å²) < 4.78 is 25.6. The molecule has 0 N–H and O–H groups in total. The third-order valence-electron chi connectivity index (χ3n) is 2.36. The minimum Gasteiger partial charge on any atom is -0.332 e. The molecule has 0 saturated heterocycles. The average Bonchev–Trinajstić information content (AvgIpc) is 2.30. The van der Waals surface area contributed by atoms with Gasteiger partial charge >= 0.3 is 0 Å². The molecule has 0 heterocycles. The van der Waals surface area contributed by atoms with Crippen LogP contribution in [0.4, 0.5) is 8.78 Å². The first-order valence-electron chi connectivity index (χ1n) is 5.23. The van der Waals surface area contributed by atoms with E-state index in [0.717, 1.165) is 12.1 Å². The minimum atomic E-state index is -0.949. The lowest BCUT2D eigenvalue weighted by molar-refractivity contribution is -0.129. The number of amides is 1. The van der Waals surface area contributed by atoms with Crippen LogP contribution in [0, 0.1) is 24.0 Å². The van der Waals surface area contributed by atoms with Crippen molar-refractivity contribution in [3.05, 3.63) is 35.4 Å². The number of carbonyl (C=O) groups excluding carboxylic acids is 1. The molecule has 0 fully saturated rings. The van der Waals surface area contributed by atoms with Crippen LogP contribution in [-0.4, -0.2) is 23.9 Å². The Morgan fingerprint density at radius 1 is 1.41 bits per heavy atom. The van der Waals surface area contributed by atoms with Crippen molar-refractivity contribution in [3.8, 4) is 12.3 Å². The van der Waals surface area contributed by atoms with Crippen molar-refractivity contribution in [1.82, 2.24) is 4.90 Å². The van der Waals surface area contributed by atoms with Crippen molar-refractivity contribution in [3.63, 3.8) is 0 Å². The summed E-state index contributed by atoms with van der Waals surface area (Å²) in [5.41, 5.74) is 0.435. The molecule has 0 aliphatic heterocycles. The van der Waals surface area contributed by atoms with Gasteiger partial charge in [-0.15, -0.1) is 6.42 Å². The van der Waals surface area contributed by atoms with Crippen molar-refractivity contribution in [2.75, 3.05) is 13.1 Å². The number of nitrogens with zero attached hydrogens (tertiary/aromatic N) is 1. The molecule has 0 aliphatic rings. The predicted octanol–water partition coefficient (Wildman–Crippen LogP) is 1.99. The summed E-state index contributed by atoms with van der Waals surface area (Å²) in [5, 5.41) is 0. The van der Waals surface area contributed by atoms with Gasteiger partial charge in [-0.2, -0.15) is 0 Å². The van der Waals surface area contributed by atoms with Gasteiger partial charge in [0.15, 0.2) is 11.6 Å². The predicted molar refractivity (Wildman–Crippen MR) is 61.1 cm³/mol. The number of hydrogen-bond donors (Lipinski definition) is 0. The summed E-state index contributed by atoms with van der Waals surface area (Å²) in [6, 6.07) is 3.42. The molecule has 1 aromatic rings. The van der Waals surface area contributed by atoms with Gasteiger partial charge in [0, 0.05) is 6.54 Å². The maximum absolute atomic E-state index is 12.9. The highest BCUT2D eigenvalue weighted by Gasteiger charge is 2.12. The molecule has 1 amide bonds. The van der Waals surface area contributed by atoms with Gasteiger partial charge in [-0.05, 0) is 24.6 Å². The Bertz CT molecular complexity index is 451. The van der Waals surface area contributed by atoms with Crippen molar-refractivity contribution >= 4 is 5.91 Å². The quantitative estimate of drug-likeness (QED) is 0.733. The van der Waals surface area contributed by atoms with Crippen molar-refractivity contribution < 1.29 is 13.6 Å². The standard InChI is InChI=1S/C13H13F2NO/c1-3-7-16(4-2)13(17)9-10-5-6-11(14)12(15)8-10/h1,5-6,8H,4,7,9H2,2H3. The van der Waals surface area contributed by atoms with Crippen molar-refractivity contribution in [2.45, 2.75) is 13.3 Å². The molecule has 1 rings (SSSR count). The zero-order chi connectivity index (χ0) is 12.8. The number of likely N-dealkylation sites (N-methyl/N-ethyl adjacent to an activating group) is 1. The zero-order valence-electron chi connectivity index (χ0n) is 9.54. The molecule has 0 radical (unpaired) electrons. The Balaban J connectivity index is 2.73. The lowest BCUT2D eigenvalue weighted by atomic mass is 10.1. The topological polar surface area (TPSA) is 20.3 Å². The second-order valence-corrected chi connectivity index (χ2v) is 3.54. The number of rotatable bonds is 4. The fourth-order valence-corrected chi connectivity index (χ4v) is 1.42. The summed E-state index contributed by atoms with van der Waals surface area (Å²) in [6.45, 7) is 2.52. The smallest absolute Gasteiger partial charge is 0.227 e. The molecule has 90 valence electrons. The Kier molecular flexibility index (Phi) is 4.65. The lowest BCUT2D eigenvalue weighted by Crippen LogP contribution is -2.32. The Morgan fingerprint density at radius 3 is 2.65 bits per heavy atom. The first-order valence-corrected chi connectivity index (χ1v) is 5.23. The molecule has 0 unspecified atom stereocenters. The molecule has 2 nitrogen and oxygen atoms in total. The zero-order valence-corrected chi connectivity index (χ0v) is 9.54. The first kappa shape index (κ1) is 13.2. The second-order valence-electron chi connectivity index (χ2n) is 3.54. The van der Waals surface area contributed by atoms with Gasteiger partial charge in [-0.1, -0.05) is 12.0 Å². The normalized spacial score (nSPS) is 9.76. The molecule has 0 bridgehead atoms. The van der Waals surface area contributed by atoms with Gasteiger partial charge in [-0.3, -0.25) is 4.79 Å². The molecule has 0 aromatic heterocycles. The molecule has 17 heavy (non-hydrogen) atoms. The van der Waals surface area contributed by atoms with Crippen molar-refractivity contribution in [1.29, 1.82) is 0 Å². The highest BCUT2D eigenvalue weighted by Crippen LogP contribution is 2.10. The van der Waals surface area contributed by atoms with Gasteiger partial charge < -0.3 is 4.90 Å². The van der Waals surface area contributed by atoms with Gasteiger partial charge in [0.2, 0.25) is 5.91 Å². The Labute approximate surface area is 99.2 Å². The summed E-state index contributed by atoms with van der Waals surface area (Å²) >= 11 is 0. The highest BCUT2D eigenvalue weighted by atomic mass is 19.2. The van der Waals surface area contributed by atoms with Crippen LogP contribution in [0.5, 0.6) is 0 Å². The van der Waals surface area contributed by atoms with Crippen molar-refractivity contribution in [2.24, 2.45) is 0 Å². The fraction of sp³-hybridized carbons (Fsp3) is 0.308. The second kappa shape index (κ2) is 6.00. The maximum Gasteiger partial charge on any atom is 0.227 e. The fourth-order valence-electron chi connectivity index (χ4n) is 1.42. The SMILES string of the molecule is C#CCN(CC)C(=O)Cc1ccc(F)c(F)c1. The van der Waals surface area contributed by atoms with E-state index in [1.54, 1.807) is 6.92 Å². The van der Waals surface area contributed by atoms with Crippen LogP contribution in [0.1, 0.15) is 12.5 Å². The van der Waals surface area contributed by atoms with E-state index in [-0.39, 0.29) is 18.9 Å². The first-order chi connectivity index (χ1) is 8.08. The third kappa shape index (κ3) is 3.56. The largest absolute Gasteiger partial charge is 0.332 e. The maximum atomic E-state index is 12.9. The van der Waals surface area contributed by atoms with E-state index < -0.39 is 11.6 Å². The van der Waals surface area contributed by atoms with Gasteiger partial charge in [-0.25, -0.2) is 8.78 Å². The summed E-state index contributed by atoms with van der Waals surface area (Å²) in [4.78, 5) is 13.2. The van der Waals surface area contributed by atoms with E-state index >= 15 is 0 Å². The molecule has 0 aliphatic carbocycles. The summed E-state index contributed by atoms with van der Waals surface area (Å²) in [5.74, 6) is 0.311. The molecule has 0 spiro atoms. The number of halogens is 2. The minimum absolute atomic E-state index is 0.0206. The van der Waals surface area contributed by atoms with Gasteiger partial charge in [0.1, 0.15) is 0 Å². The number of benzene rings is 1. The summed E-state index contributed by atoms with van der Waals surface area (Å²) in [6.07, 6.45) is 5.15. The van der Waals surface area contributed by atoms with E-state index in [1.807, 2.05) is 0 Å². The van der Waals surface area contributed by atoms with Crippen LogP contribution in [0.2, 0.25) is 0 Å². The summed E-state index contributed by atoms with van der Waals surface area (Å²) in [7, 11) is 0. The van der Waals surface area contributed by atoms with Gasteiger partial charge in [0.05, 0.1) is 13.0 Å². The van der Waals surface area contributed by atoms with Crippen LogP contribution in [0.3, 0.4) is 0 Å². The van der Waals surface area contributed by atoms with Crippen LogP contribution in [-0.2, 0) is 11.2 Å². The number of hydrogen-bond acceptors (Lipinski definition) is 1. The Morgan fingerprint density at radius 2 is 2.12 bits per heavy atom. The molecule has 4 heteroatoms.